The lowest BCUT2D eigenvalue weighted by Gasteiger charge is -2.42. The molecule has 1 aliphatic rings. The Balaban J connectivity index is 1.65. The summed E-state index contributed by atoms with van der Waals surface area (Å²) in [6.07, 6.45) is 1.21. The number of hydrogen-bond acceptors (Lipinski definition) is 3. The molecule has 1 atom stereocenters. The Bertz CT molecular complexity index is 509. The van der Waals surface area contributed by atoms with Gasteiger partial charge in [-0.2, -0.15) is 11.3 Å². The van der Waals surface area contributed by atoms with Crippen molar-refractivity contribution in [2.45, 2.75) is 25.9 Å². The molecule has 0 spiro atoms. The summed E-state index contributed by atoms with van der Waals surface area (Å²) in [6, 6.07) is 13.7. The van der Waals surface area contributed by atoms with E-state index in [0.717, 1.165) is 19.6 Å². The highest BCUT2D eigenvalue weighted by molar-refractivity contribution is 7.08. The largest absolute Gasteiger partial charge is 0.365 e. The van der Waals surface area contributed by atoms with Crippen LogP contribution < -0.4 is 4.90 Å². The van der Waals surface area contributed by atoms with Gasteiger partial charge in [-0.15, -0.1) is 0 Å². The van der Waals surface area contributed by atoms with Crippen molar-refractivity contribution in [2.24, 2.45) is 0 Å². The summed E-state index contributed by atoms with van der Waals surface area (Å²) in [7, 11) is 0. The van der Waals surface area contributed by atoms with E-state index in [9.17, 15) is 0 Å². The van der Waals surface area contributed by atoms with Gasteiger partial charge >= 0.3 is 0 Å². The lowest BCUT2D eigenvalue weighted by atomic mass is 10.1. The van der Waals surface area contributed by atoms with Crippen molar-refractivity contribution in [3.05, 3.63) is 52.7 Å². The normalized spacial score (nSPS) is 20.2. The van der Waals surface area contributed by atoms with Crippen molar-refractivity contribution >= 4 is 17.0 Å². The number of thiophene rings is 1. The molecule has 0 N–H and O–H groups in total. The van der Waals surface area contributed by atoms with Crippen LogP contribution in [0.2, 0.25) is 0 Å². The van der Waals surface area contributed by atoms with Crippen molar-refractivity contribution < 1.29 is 0 Å². The van der Waals surface area contributed by atoms with Gasteiger partial charge in [0.25, 0.3) is 0 Å². The minimum atomic E-state index is 0.641. The number of piperazine rings is 1. The van der Waals surface area contributed by atoms with Crippen LogP contribution in [-0.2, 0) is 6.54 Å². The number of benzene rings is 1. The number of anilines is 1. The van der Waals surface area contributed by atoms with Gasteiger partial charge in [-0.3, -0.25) is 4.90 Å². The first-order valence-corrected chi connectivity index (χ1v) is 8.36. The number of hydrogen-bond donors (Lipinski definition) is 0. The van der Waals surface area contributed by atoms with Crippen molar-refractivity contribution in [3.63, 3.8) is 0 Å². The van der Waals surface area contributed by atoms with Gasteiger partial charge in [0.05, 0.1) is 0 Å². The van der Waals surface area contributed by atoms with Crippen LogP contribution in [0.25, 0.3) is 0 Å². The predicted molar refractivity (Wildman–Crippen MR) is 87.5 cm³/mol. The fourth-order valence-electron chi connectivity index (χ4n) is 3.01. The summed E-state index contributed by atoms with van der Waals surface area (Å²) in [5.41, 5.74) is 2.83. The second-order valence-corrected chi connectivity index (χ2v) is 6.24. The smallest absolute Gasteiger partial charge is 0.0478 e. The van der Waals surface area contributed by atoms with E-state index in [-0.39, 0.29) is 0 Å². The summed E-state index contributed by atoms with van der Waals surface area (Å²) >= 11 is 1.79. The second kappa shape index (κ2) is 6.42. The second-order valence-electron chi connectivity index (χ2n) is 5.46. The molecule has 2 aromatic rings. The zero-order chi connectivity index (χ0) is 13.8. The molecule has 0 aliphatic carbocycles. The molecule has 1 aromatic carbocycles. The molecule has 0 saturated carbocycles. The van der Waals surface area contributed by atoms with Crippen LogP contribution in [0.15, 0.2) is 47.2 Å². The Kier molecular flexibility index (Phi) is 4.38. The minimum absolute atomic E-state index is 0.641. The van der Waals surface area contributed by atoms with Crippen LogP contribution in [-0.4, -0.2) is 30.6 Å². The average Bonchev–Trinajstić information content (AvgIpc) is 3.02. The van der Waals surface area contributed by atoms with Crippen LogP contribution in [0.4, 0.5) is 5.69 Å². The Morgan fingerprint density at radius 1 is 1.15 bits per heavy atom. The van der Waals surface area contributed by atoms with E-state index in [1.165, 1.54) is 24.2 Å². The van der Waals surface area contributed by atoms with Gasteiger partial charge in [0.15, 0.2) is 0 Å². The van der Waals surface area contributed by atoms with Crippen LogP contribution in [0.5, 0.6) is 0 Å². The third kappa shape index (κ3) is 3.05. The molecule has 0 amide bonds. The van der Waals surface area contributed by atoms with E-state index in [4.69, 9.17) is 0 Å². The third-order valence-corrected chi connectivity index (χ3v) is 4.80. The summed E-state index contributed by atoms with van der Waals surface area (Å²) in [5, 5.41) is 4.45. The highest BCUT2D eigenvalue weighted by Gasteiger charge is 2.25. The molecular formula is C17H22N2S. The van der Waals surface area contributed by atoms with E-state index < -0.39 is 0 Å². The summed E-state index contributed by atoms with van der Waals surface area (Å²) < 4.78 is 0. The molecular weight excluding hydrogens is 264 g/mol. The topological polar surface area (TPSA) is 6.48 Å². The van der Waals surface area contributed by atoms with Gasteiger partial charge in [-0.25, -0.2) is 0 Å². The molecule has 0 bridgehead atoms. The molecule has 1 fully saturated rings. The monoisotopic (exact) mass is 286 g/mol. The van der Waals surface area contributed by atoms with E-state index in [1.807, 2.05) is 0 Å². The Morgan fingerprint density at radius 2 is 2.00 bits per heavy atom. The van der Waals surface area contributed by atoms with Crippen LogP contribution in [0, 0.1) is 0 Å². The first-order valence-electron chi connectivity index (χ1n) is 7.42. The molecule has 0 radical (unpaired) electrons. The molecule has 3 rings (SSSR count). The highest BCUT2D eigenvalue weighted by atomic mass is 32.1. The maximum atomic E-state index is 2.59. The molecule has 1 saturated heterocycles. The molecule has 20 heavy (non-hydrogen) atoms. The number of nitrogens with zero attached hydrogens (tertiary/aromatic N) is 2. The van der Waals surface area contributed by atoms with Crippen molar-refractivity contribution in [1.29, 1.82) is 0 Å². The fourth-order valence-corrected chi connectivity index (χ4v) is 3.66. The minimum Gasteiger partial charge on any atom is -0.365 e. The lowest BCUT2D eigenvalue weighted by Crippen LogP contribution is -2.52. The summed E-state index contributed by atoms with van der Waals surface area (Å²) in [4.78, 5) is 5.17. The van der Waals surface area contributed by atoms with E-state index in [2.05, 4.69) is 63.9 Å². The van der Waals surface area contributed by atoms with Crippen LogP contribution in [0.3, 0.4) is 0 Å². The van der Waals surface area contributed by atoms with Crippen molar-refractivity contribution in [2.75, 3.05) is 24.5 Å². The first-order chi connectivity index (χ1) is 9.86. The lowest BCUT2D eigenvalue weighted by molar-refractivity contribution is 0.212. The van der Waals surface area contributed by atoms with Gasteiger partial charge in [0, 0.05) is 43.3 Å². The van der Waals surface area contributed by atoms with Crippen LogP contribution in [0.1, 0.15) is 18.9 Å². The molecule has 1 aromatic heterocycles. The van der Waals surface area contributed by atoms with Crippen molar-refractivity contribution in [3.8, 4) is 0 Å². The summed E-state index contributed by atoms with van der Waals surface area (Å²) in [6.45, 7) is 6.84. The SMILES string of the molecule is CCC1CN(Cc2ccccc2)CCN1c1ccsc1. The molecule has 1 aliphatic heterocycles. The van der Waals surface area contributed by atoms with Gasteiger partial charge in [0.1, 0.15) is 0 Å². The Labute approximate surface area is 125 Å². The Morgan fingerprint density at radius 3 is 2.70 bits per heavy atom. The predicted octanol–water partition coefficient (Wildman–Crippen LogP) is 3.85. The highest BCUT2D eigenvalue weighted by Crippen LogP contribution is 2.25. The number of rotatable bonds is 4. The van der Waals surface area contributed by atoms with E-state index >= 15 is 0 Å². The maximum Gasteiger partial charge on any atom is 0.0478 e. The van der Waals surface area contributed by atoms with Gasteiger partial charge < -0.3 is 4.90 Å². The zero-order valence-electron chi connectivity index (χ0n) is 12.0. The molecule has 106 valence electrons. The van der Waals surface area contributed by atoms with Gasteiger partial charge in [-0.05, 0) is 23.4 Å². The van der Waals surface area contributed by atoms with E-state index in [1.54, 1.807) is 11.3 Å². The zero-order valence-corrected chi connectivity index (χ0v) is 12.9. The third-order valence-electron chi connectivity index (χ3n) is 4.12. The average molecular weight is 286 g/mol. The van der Waals surface area contributed by atoms with Gasteiger partial charge in [-0.1, -0.05) is 37.3 Å². The first kappa shape index (κ1) is 13.7. The maximum absolute atomic E-state index is 2.59. The summed E-state index contributed by atoms with van der Waals surface area (Å²) in [5.74, 6) is 0. The molecule has 2 nitrogen and oxygen atoms in total. The van der Waals surface area contributed by atoms with Crippen molar-refractivity contribution in [1.82, 2.24) is 4.90 Å². The fraction of sp³-hybridized carbons (Fsp3) is 0.412. The standard InChI is InChI=1S/C17H22N2S/c1-2-16-13-18(12-15-6-4-3-5-7-15)9-10-19(16)17-8-11-20-14-17/h3-8,11,14,16H,2,9-10,12-13H2,1H3. The van der Waals surface area contributed by atoms with Crippen LogP contribution >= 0.6 is 11.3 Å². The molecule has 3 heteroatoms. The molecule has 2 heterocycles. The van der Waals surface area contributed by atoms with E-state index in [0.29, 0.717) is 6.04 Å². The molecule has 1 unspecified atom stereocenters. The van der Waals surface area contributed by atoms with Gasteiger partial charge in [0.2, 0.25) is 0 Å². The quantitative estimate of drug-likeness (QED) is 0.842. The Hall–Kier alpha value is -1.32.